The minimum Gasteiger partial charge on any atom is -0.421 e. The summed E-state index contributed by atoms with van der Waals surface area (Å²) in [5, 5.41) is 17.9. The van der Waals surface area contributed by atoms with E-state index in [9.17, 15) is 0 Å². The van der Waals surface area contributed by atoms with Crippen molar-refractivity contribution >= 4 is 0 Å². The minimum atomic E-state index is -0.109. The summed E-state index contributed by atoms with van der Waals surface area (Å²) in [6, 6.07) is 12.2. The Morgan fingerprint density at radius 1 is 0.811 bits per heavy atom. The average Bonchev–Trinajstić information content (AvgIpc) is 3.50. The lowest BCUT2D eigenvalue weighted by Crippen LogP contribution is -2.16. The zero-order valence-electron chi connectivity index (χ0n) is 22.1. The Hall–Kier alpha value is -4.20. The van der Waals surface area contributed by atoms with Gasteiger partial charge in [-0.25, -0.2) is 0 Å². The van der Waals surface area contributed by atoms with E-state index in [1.165, 1.54) is 0 Å². The third-order valence-electron chi connectivity index (χ3n) is 6.44. The van der Waals surface area contributed by atoms with E-state index >= 15 is 0 Å². The van der Waals surface area contributed by atoms with Gasteiger partial charge in [-0.05, 0) is 61.1 Å². The summed E-state index contributed by atoms with van der Waals surface area (Å²) >= 11 is 0. The number of aromatic nitrogens is 7. The summed E-state index contributed by atoms with van der Waals surface area (Å²) in [6.07, 6.45) is 6.71. The molecule has 188 valence electrons. The van der Waals surface area contributed by atoms with Gasteiger partial charge >= 0.3 is 0 Å². The van der Waals surface area contributed by atoms with Crippen LogP contribution >= 0.6 is 0 Å². The van der Waals surface area contributed by atoms with Gasteiger partial charge in [0, 0.05) is 42.7 Å². The second-order valence-electron chi connectivity index (χ2n) is 10.4. The molecule has 0 radical (unpaired) electrons. The van der Waals surface area contributed by atoms with Gasteiger partial charge in [0.05, 0.1) is 11.3 Å². The smallest absolute Gasteiger partial charge is 0.249 e. The van der Waals surface area contributed by atoms with Gasteiger partial charge < -0.3 is 4.42 Å². The van der Waals surface area contributed by atoms with E-state index in [2.05, 4.69) is 76.6 Å². The molecule has 0 aliphatic rings. The highest BCUT2D eigenvalue weighted by molar-refractivity contribution is 5.68. The fourth-order valence-electron chi connectivity index (χ4n) is 4.42. The molecule has 5 aromatic rings. The van der Waals surface area contributed by atoms with Crippen molar-refractivity contribution in [1.82, 2.24) is 34.9 Å². The molecule has 4 aromatic heterocycles. The lowest BCUT2D eigenvalue weighted by molar-refractivity contribution is 0.501. The van der Waals surface area contributed by atoms with Crippen molar-refractivity contribution in [2.75, 3.05) is 0 Å². The molecule has 0 spiro atoms. The maximum Gasteiger partial charge on any atom is 0.249 e. The van der Waals surface area contributed by atoms with Crippen molar-refractivity contribution in [3.05, 3.63) is 89.1 Å². The van der Waals surface area contributed by atoms with Crippen LogP contribution in [0.25, 0.3) is 28.5 Å². The van der Waals surface area contributed by atoms with Crippen molar-refractivity contribution in [3.8, 4) is 28.5 Å². The Morgan fingerprint density at radius 3 is 2.35 bits per heavy atom. The Morgan fingerprint density at radius 2 is 1.62 bits per heavy atom. The molecule has 1 aromatic carbocycles. The maximum absolute atomic E-state index is 5.95. The van der Waals surface area contributed by atoms with Crippen LogP contribution in [0.3, 0.4) is 0 Å². The van der Waals surface area contributed by atoms with Crippen molar-refractivity contribution in [3.63, 3.8) is 0 Å². The first-order valence-electron chi connectivity index (χ1n) is 12.4. The second-order valence-corrected chi connectivity index (χ2v) is 10.4. The molecule has 0 fully saturated rings. The van der Waals surface area contributed by atoms with Gasteiger partial charge in [0.25, 0.3) is 0 Å². The van der Waals surface area contributed by atoms with Gasteiger partial charge in [0.1, 0.15) is 5.82 Å². The number of rotatable bonds is 6. The predicted molar refractivity (Wildman–Crippen MR) is 142 cm³/mol. The van der Waals surface area contributed by atoms with Gasteiger partial charge in [0.2, 0.25) is 11.8 Å². The molecular formula is C29H31N7O. The quantitative estimate of drug-likeness (QED) is 0.296. The number of benzene rings is 1. The molecule has 8 heteroatoms. The molecule has 0 aliphatic carbocycles. The van der Waals surface area contributed by atoms with E-state index in [1.54, 1.807) is 6.20 Å². The molecule has 4 heterocycles. The highest BCUT2D eigenvalue weighted by Gasteiger charge is 2.26. The van der Waals surface area contributed by atoms with E-state index in [4.69, 9.17) is 9.52 Å². The number of hydrogen-bond acceptors (Lipinski definition) is 7. The highest BCUT2D eigenvalue weighted by Crippen LogP contribution is 2.36. The molecule has 5 rings (SSSR count). The third-order valence-corrected chi connectivity index (χ3v) is 6.44. The Labute approximate surface area is 216 Å². The van der Waals surface area contributed by atoms with Crippen LogP contribution in [0.15, 0.2) is 59.4 Å². The standard InChI is InChI=1S/C29H31N7O/c1-18-9-7-8-10-23(18)36-24(13-14-25-33-35-28(37-25)21-12-11-20(3)31-16-21)32-34-27(36)26-19(2)15-30-17-22(26)29(4,5)6/h7-12,15-17H,13-14H2,1-6H3. The molecule has 0 saturated heterocycles. The summed E-state index contributed by atoms with van der Waals surface area (Å²) in [7, 11) is 0. The molecule has 0 amide bonds. The van der Waals surface area contributed by atoms with Crippen LogP contribution in [-0.4, -0.2) is 34.9 Å². The number of para-hydroxylation sites is 1. The summed E-state index contributed by atoms with van der Waals surface area (Å²) in [5.74, 6) is 2.65. The third kappa shape index (κ3) is 4.91. The number of hydrogen-bond donors (Lipinski definition) is 0. The first-order chi connectivity index (χ1) is 17.7. The number of nitrogens with zero attached hydrogens (tertiary/aromatic N) is 7. The normalized spacial score (nSPS) is 11.7. The SMILES string of the molecule is Cc1ccc(-c2nnc(CCc3nnc(-c4c(C)cncc4C(C)(C)C)n3-c3ccccc3C)o2)cn1. The fraction of sp³-hybridized carbons (Fsp3) is 0.310. The van der Waals surface area contributed by atoms with Gasteiger partial charge in [0.15, 0.2) is 5.82 Å². The zero-order chi connectivity index (χ0) is 26.2. The monoisotopic (exact) mass is 493 g/mol. The van der Waals surface area contributed by atoms with Gasteiger partial charge in [-0.2, -0.15) is 0 Å². The van der Waals surface area contributed by atoms with Crippen LogP contribution in [0.2, 0.25) is 0 Å². The molecule has 0 saturated carbocycles. The number of pyridine rings is 2. The van der Waals surface area contributed by atoms with E-state index in [1.807, 2.05) is 43.6 Å². The average molecular weight is 494 g/mol. The Kier molecular flexibility index (Phi) is 6.41. The summed E-state index contributed by atoms with van der Waals surface area (Å²) in [5.41, 5.74) is 7.08. The molecule has 37 heavy (non-hydrogen) atoms. The molecule has 0 unspecified atom stereocenters. The Balaban J connectivity index is 1.54. The minimum absolute atomic E-state index is 0.109. The lowest BCUT2D eigenvalue weighted by Gasteiger charge is -2.24. The fourth-order valence-corrected chi connectivity index (χ4v) is 4.42. The van der Waals surface area contributed by atoms with Gasteiger partial charge in [-0.1, -0.05) is 39.0 Å². The second kappa shape index (κ2) is 9.69. The summed E-state index contributed by atoms with van der Waals surface area (Å²) in [6.45, 7) is 12.7. The van der Waals surface area contributed by atoms with E-state index < -0.39 is 0 Å². The summed E-state index contributed by atoms with van der Waals surface area (Å²) in [4.78, 5) is 8.80. The Bertz CT molecular complexity index is 1540. The first-order valence-corrected chi connectivity index (χ1v) is 12.4. The van der Waals surface area contributed by atoms with Crippen LogP contribution in [0.5, 0.6) is 0 Å². The van der Waals surface area contributed by atoms with Crippen molar-refractivity contribution in [2.24, 2.45) is 0 Å². The molecule has 0 atom stereocenters. The van der Waals surface area contributed by atoms with E-state index in [0.717, 1.165) is 50.8 Å². The van der Waals surface area contributed by atoms with Crippen molar-refractivity contribution in [1.29, 1.82) is 0 Å². The van der Waals surface area contributed by atoms with Crippen LogP contribution in [0.1, 0.15) is 54.9 Å². The van der Waals surface area contributed by atoms with Gasteiger partial charge in [-0.3, -0.25) is 14.5 Å². The molecule has 0 N–H and O–H groups in total. The van der Waals surface area contributed by atoms with Crippen LogP contribution in [0.4, 0.5) is 0 Å². The first kappa shape index (κ1) is 24.5. The largest absolute Gasteiger partial charge is 0.421 e. The van der Waals surface area contributed by atoms with E-state index in [-0.39, 0.29) is 5.41 Å². The van der Waals surface area contributed by atoms with Crippen molar-refractivity contribution in [2.45, 2.75) is 59.8 Å². The van der Waals surface area contributed by atoms with Crippen LogP contribution in [-0.2, 0) is 18.3 Å². The summed E-state index contributed by atoms with van der Waals surface area (Å²) < 4.78 is 8.11. The topological polar surface area (TPSA) is 95.4 Å². The van der Waals surface area contributed by atoms with Crippen LogP contribution < -0.4 is 0 Å². The van der Waals surface area contributed by atoms with Crippen molar-refractivity contribution < 1.29 is 4.42 Å². The molecular weight excluding hydrogens is 462 g/mol. The zero-order valence-corrected chi connectivity index (χ0v) is 22.1. The molecule has 0 aliphatic heterocycles. The predicted octanol–water partition coefficient (Wildman–Crippen LogP) is 5.78. The van der Waals surface area contributed by atoms with Gasteiger partial charge in [-0.15, -0.1) is 20.4 Å². The molecule has 0 bridgehead atoms. The highest BCUT2D eigenvalue weighted by atomic mass is 16.4. The molecule has 8 nitrogen and oxygen atoms in total. The lowest BCUT2D eigenvalue weighted by atomic mass is 9.83. The van der Waals surface area contributed by atoms with E-state index in [0.29, 0.717) is 24.6 Å². The van der Waals surface area contributed by atoms with Crippen LogP contribution in [0, 0.1) is 20.8 Å². The number of aryl methyl sites for hydroxylation is 5. The maximum atomic E-state index is 5.95.